The van der Waals surface area contributed by atoms with E-state index in [1.54, 1.807) is 30.6 Å². The van der Waals surface area contributed by atoms with Crippen LogP contribution >= 0.6 is 22.7 Å². The van der Waals surface area contributed by atoms with Crippen LogP contribution in [0.3, 0.4) is 0 Å². The number of hydrogen-bond acceptors (Lipinski definition) is 8. The first-order valence-electron chi connectivity index (χ1n) is 11.4. The van der Waals surface area contributed by atoms with Crippen LogP contribution in [0.5, 0.6) is 0 Å². The third-order valence-electron chi connectivity index (χ3n) is 4.99. The summed E-state index contributed by atoms with van der Waals surface area (Å²) in [6, 6.07) is 7.48. The van der Waals surface area contributed by atoms with Gasteiger partial charge >= 0.3 is 5.97 Å². The molecular weight excluding hydrogens is 516 g/mol. The zero-order valence-electron chi connectivity index (χ0n) is 20.3. The first kappa shape index (κ1) is 27.5. The molecule has 1 unspecified atom stereocenters. The van der Waals surface area contributed by atoms with Gasteiger partial charge in [-0.05, 0) is 30.0 Å². The summed E-state index contributed by atoms with van der Waals surface area (Å²) in [4.78, 5) is 53.8. The van der Waals surface area contributed by atoms with Gasteiger partial charge in [-0.3, -0.25) is 19.5 Å². The number of aliphatic carboxylic acids is 1. The standard InChI is InChI=1S/C22H20N6O5S2.C2H6/c1-11-18(20(31)26-15(21(32)33)10-23-19(30)16-6-3-7-34-16)35-22(25-11)27-17(29)8-12-4-2-5-14-13(12)9-24-28-14;1-2/h2-7,9,15H,8,10H2,1H3,(H,23,30)(H,24,28)(H,26,31)(H,32,33)(H,25,27,29);1-2H3. The van der Waals surface area contributed by atoms with Gasteiger partial charge in [-0.2, -0.15) is 5.10 Å². The Labute approximate surface area is 220 Å². The Morgan fingerprint density at radius 1 is 1.11 bits per heavy atom. The molecule has 4 aromatic rings. The lowest BCUT2D eigenvalue weighted by Crippen LogP contribution is -2.48. The highest BCUT2D eigenvalue weighted by molar-refractivity contribution is 7.17. The van der Waals surface area contributed by atoms with Crippen LogP contribution in [0.2, 0.25) is 0 Å². The number of nitrogens with zero attached hydrogens (tertiary/aromatic N) is 2. The number of aromatic nitrogens is 3. The molecule has 5 N–H and O–H groups in total. The third kappa shape index (κ3) is 6.98. The quantitative estimate of drug-likeness (QED) is 0.216. The molecule has 0 saturated heterocycles. The number of thiazole rings is 1. The second kappa shape index (κ2) is 12.7. The molecule has 1 aromatic carbocycles. The topological polar surface area (TPSA) is 166 Å². The number of benzene rings is 1. The number of aryl methyl sites for hydroxylation is 1. The number of carboxylic acids is 1. The Morgan fingerprint density at radius 3 is 2.59 bits per heavy atom. The Hall–Kier alpha value is -4.10. The average Bonchev–Trinajstić information content (AvgIpc) is 3.64. The summed E-state index contributed by atoms with van der Waals surface area (Å²) >= 11 is 2.16. The van der Waals surface area contributed by atoms with Gasteiger partial charge in [0.25, 0.3) is 11.8 Å². The fourth-order valence-corrected chi connectivity index (χ4v) is 4.82. The number of fused-ring (bicyclic) bond motifs is 1. The maximum absolute atomic E-state index is 12.7. The number of rotatable bonds is 9. The van der Waals surface area contributed by atoms with Crippen molar-refractivity contribution in [3.05, 3.63) is 62.9 Å². The van der Waals surface area contributed by atoms with Gasteiger partial charge in [0, 0.05) is 11.9 Å². The molecule has 37 heavy (non-hydrogen) atoms. The molecule has 0 radical (unpaired) electrons. The minimum atomic E-state index is -1.35. The Bertz CT molecular complexity index is 1400. The third-order valence-corrected chi connectivity index (χ3v) is 6.93. The number of carboxylic acid groups (broad SMARTS) is 1. The van der Waals surface area contributed by atoms with Crippen LogP contribution in [0, 0.1) is 6.92 Å². The van der Waals surface area contributed by atoms with Crippen molar-refractivity contribution in [3.63, 3.8) is 0 Å². The lowest BCUT2D eigenvalue weighted by molar-refractivity contribution is -0.139. The van der Waals surface area contributed by atoms with Crippen molar-refractivity contribution in [1.82, 2.24) is 25.8 Å². The number of aromatic amines is 1. The first-order valence-corrected chi connectivity index (χ1v) is 13.0. The number of anilines is 1. The summed E-state index contributed by atoms with van der Waals surface area (Å²) in [6.07, 6.45) is 1.73. The molecule has 0 aliphatic carbocycles. The van der Waals surface area contributed by atoms with Crippen LogP contribution in [-0.2, 0) is 16.0 Å². The number of carbonyl (C=O) groups excluding carboxylic acids is 3. The Morgan fingerprint density at radius 2 is 1.89 bits per heavy atom. The lowest BCUT2D eigenvalue weighted by atomic mass is 10.1. The number of thiophene rings is 1. The molecular formula is C24H26N6O5S2. The van der Waals surface area contributed by atoms with Gasteiger partial charge in [-0.25, -0.2) is 9.78 Å². The van der Waals surface area contributed by atoms with E-state index in [2.05, 4.69) is 31.1 Å². The summed E-state index contributed by atoms with van der Waals surface area (Å²) in [5.41, 5.74) is 1.94. The predicted molar refractivity (Wildman–Crippen MR) is 142 cm³/mol. The number of H-pyrrole nitrogens is 1. The van der Waals surface area contributed by atoms with Gasteiger partial charge in [0.1, 0.15) is 10.9 Å². The molecule has 4 rings (SSSR count). The monoisotopic (exact) mass is 542 g/mol. The van der Waals surface area contributed by atoms with Crippen LogP contribution in [0.15, 0.2) is 41.9 Å². The summed E-state index contributed by atoms with van der Waals surface area (Å²) < 4.78 is 0. The zero-order valence-corrected chi connectivity index (χ0v) is 22.0. The van der Waals surface area contributed by atoms with Crippen molar-refractivity contribution < 1.29 is 24.3 Å². The predicted octanol–water partition coefficient (Wildman–Crippen LogP) is 3.21. The van der Waals surface area contributed by atoms with Crippen molar-refractivity contribution >= 4 is 62.4 Å². The van der Waals surface area contributed by atoms with E-state index in [9.17, 15) is 24.3 Å². The highest BCUT2D eigenvalue weighted by Crippen LogP contribution is 2.23. The SMILES string of the molecule is CC.Cc1nc(NC(=O)Cc2cccc3[nH]ncc23)sc1C(=O)NC(CNC(=O)c1cccs1)C(=O)O. The maximum atomic E-state index is 12.7. The van der Waals surface area contributed by atoms with Crippen molar-refractivity contribution in [2.45, 2.75) is 33.2 Å². The smallest absolute Gasteiger partial charge is 0.328 e. The van der Waals surface area contributed by atoms with Gasteiger partial charge in [0.15, 0.2) is 5.13 Å². The summed E-state index contributed by atoms with van der Waals surface area (Å²) in [5.74, 6) is -2.71. The molecule has 0 bridgehead atoms. The summed E-state index contributed by atoms with van der Waals surface area (Å²) in [5, 5.41) is 26.7. The van der Waals surface area contributed by atoms with Gasteiger partial charge in [0.05, 0.1) is 28.7 Å². The molecule has 1 atom stereocenters. The van der Waals surface area contributed by atoms with Crippen molar-refractivity contribution in [2.75, 3.05) is 11.9 Å². The number of amides is 3. The van der Waals surface area contributed by atoms with Crippen molar-refractivity contribution in [2.24, 2.45) is 0 Å². The highest BCUT2D eigenvalue weighted by atomic mass is 32.1. The van der Waals surface area contributed by atoms with E-state index in [1.807, 2.05) is 32.0 Å². The minimum absolute atomic E-state index is 0.0854. The first-order chi connectivity index (χ1) is 17.8. The molecule has 3 amide bonds. The molecule has 13 heteroatoms. The molecule has 0 aliphatic rings. The normalized spacial score (nSPS) is 11.2. The summed E-state index contributed by atoms with van der Waals surface area (Å²) in [6.45, 7) is 5.29. The van der Waals surface area contributed by atoms with E-state index >= 15 is 0 Å². The summed E-state index contributed by atoms with van der Waals surface area (Å²) in [7, 11) is 0. The van der Waals surface area contributed by atoms with E-state index in [4.69, 9.17) is 0 Å². The molecule has 0 fully saturated rings. The Kier molecular flexibility index (Phi) is 9.46. The second-order valence-electron chi connectivity index (χ2n) is 7.46. The van der Waals surface area contributed by atoms with Crippen molar-refractivity contribution in [1.29, 1.82) is 0 Å². The van der Waals surface area contributed by atoms with Crippen LogP contribution in [0.25, 0.3) is 10.9 Å². The minimum Gasteiger partial charge on any atom is -0.480 e. The second-order valence-corrected chi connectivity index (χ2v) is 9.41. The average molecular weight is 543 g/mol. The van der Waals surface area contributed by atoms with Gasteiger partial charge in [0.2, 0.25) is 5.91 Å². The molecule has 3 aromatic heterocycles. The fourth-order valence-electron chi connectivity index (χ4n) is 3.29. The maximum Gasteiger partial charge on any atom is 0.328 e. The van der Waals surface area contributed by atoms with E-state index < -0.39 is 23.8 Å². The molecule has 0 spiro atoms. The van der Waals surface area contributed by atoms with E-state index in [-0.39, 0.29) is 28.9 Å². The van der Waals surface area contributed by atoms with Gasteiger partial charge in [-0.1, -0.05) is 43.4 Å². The van der Waals surface area contributed by atoms with E-state index in [0.717, 1.165) is 27.8 Å². The van der Waals surface area contributed by atoms with Gasteiger partial charge < -0.3 is 21.1 Å². The number of nitrogens with one attached hydrogen (secondary N) is 4. The zero-order chi connectivity index (χ0) is 26.9. The van der Waals surface area contributed by atoms with Crippen LogP contribution in [0.1, 0.15) is 44.4 Å². The molecule has 194 valence electrons. The van der Waals surface area contributed by atoms with Crippen LogP contribution in [-0.4, -0.2) is 56.6 Å². The highest BCUT2D eigenvalue weighted by Gasteiger charge is 2.25. The molecule has 11 nitrogen and oxygen atoms in total. The number of hydrogen-bond donors (Lipinski definition) is 5. The molecule has 0 aliphatic heterocycles. The number of carbonyl (C=O) groups is 4. The van der Waals surface area contributed by atoms with E-state index in [1.165, 1.54) is 11.3 Å². The fraction of sp³-hybridized carbons (Fsp3) is 0.250. The Balaban J connectivity index is 0.00000186. The lowest BCUT2D eigenvalue weighted by Gasteiger charge is -2.14. The largest absolute Gasteiger partial charge is 0.480 e. The van der Waals surface area contributed by atoms with E-state index in [0.29, 0.717) is 10.6 Å². The van der Waals surface area contributed by atoms with Crippen molar-refractivity contribution in [3.8, 4) is 0 Å². The van der Waals surface area contributed by atoms with Crippen LogP contribution in [0.4, 0.5) is 5.13 Å². The molecule has 3 heterocycles. The van der Waals surface area contributed by atoms with Crippen LogP contribution < -0.4 is 16.0 Å². The molecule has 0 saturated carbocycles. The van der Waals surface area contributed by atoms with Gasteiger partial charge in [-0.15, -0.1) is 11.3 Å².